The molecule has 4 rings (SSSR count). The second-order valence-corrected chi connectivity index (χ2v) is 8.20. The molecule has 5 atom stereocenters. The van der Waals surface area contributed by atoms with Crippen LogP contribution in [0.15, 0.2) is 30.3 Å². The van der Waals surface area contributed by atoms with Gasteiger partial charge in [-0.3, -0.25) is 9.63 Å². The minimum Gasteiger partial charge on any atom is -0.469 e. The highest BCUT2D eigenvalue weighted by Gasteiger charge is 2.69. The number of thioether (sulfide) groups is 1. The van der Waals surface area contributed by atoms with E-state index in [1.807, 2.05) is 35.0 Å². The Morgan fingerprint density at radius 1 is 1.19 bits per heavy atom. The van der Waals surface area contributed by atoms with Gasteiger partial charge < -0.3 is 9.47 Å². The molecule has 26 heavy (non-hydrogen) atoms. The van der Waals surface area contributed by atoms with E-state index >= 15 is 0 Å². The van der Waals surface area contributed by atoms with Crippen LogP contribution in [0.2, 0.25) is 0 Å². The van der Waals surface area contributed by atoms with Crippen molar-refractivity contribution < 1.29 is 23.9 Å². The van der Waals surface area contributed by atoms with Gasteiger partial charge in [0.15, 0.2) is 6.10 Å². The number of ether oxygens (including phenoxy) is 2. The highest BCUT2D eigenvalue weighted by atomic mass is 32.2. The number of nitrogens with zero attached hydrogens (tertiary/aromatic N) is 1. The van der Waals surface area contributed by atoms with E-state index in [2.05, 4.69) is 12.1 Å². The minimum atomic E-state index is -0.935. The summed E-state index contributed by atoms with van der Waals surface area (Å²) >= 11 is 1.90. The van der Waals surface area contributed by atoms with E-state index < -0.39 is 29.5 Å². The predicted molar refractivity (Wildman–Crippen MR) is 96.4 cm³/mol. The van der Waals surface area contributed by atoms with Gasteiger partial charge in [-0.1, -0.05) is 30.3 Å². The highest BCUT2D eigenvalue weighted by Crippen LogP contribution is 2.58. The largest absolute Gasteiger partial charge is 0.469 e. The fraction of sp³-hybridized carbons (Fsp3) is 0.579. The predicted octanol–water partition coefficient (Wildman–Crippen LogP) is 1.85. The molecule has 140 valence electrons. The summed E-state index contributed by atoms with van der Waals surface area (Å²) in [5, 5.41) is 1.90. The van der Waals surface area contributed by atoms with Crippen molar-refractivity contribution in [2.45, 2.75) is 24.0 Å². The first-order valence-electron chi connectivity index (χ1n) is 8.86. The molecular weight excluding hydrogens is 354 g/mol. The van der Waals surface area contributed by atoms with E-state index in [1.165, 1.54) is 19.8 Å². The molecule has 3 heterocycles. The van der Waals surface area contributed by atoms with Crippen LogP contribution in [0.1, 0.15) is 17.9 Å². The summed E-state index contributed by atoms with van der Waals surface area (Å²) in [6.07, 6.45) is -0.145. The lowest BCUT2D eigenvalue weighted by Crippen LogP contribution is -2.55. The SMILES string of the molecule is COC(=O)[C@H]1ON2C[C@@H](c3ccccc3)[C@@H]3CSCC[C@@]32[C@H]1C(=O)OC. The summed E-state index contributed by atoms with van der Waals surface area (Å²) < 4.78 is 10.0. The van der Waals surface area contributed by atoms with Gasteiger partial charge in [0.1, 0.15) is 5.92 Å². The van der Waals surface area contributed by atoms with Crippen LogP contribution in [-0.2, 0) is 23.9 Å². The van der Waals surface area contributed by atoms with E-state index in [4.69, 9.17) is 14.3 Å². The maximum absolute atomic E-state index is 12.7. The third-order valence-corrected chi connectivity index (χ3v) is 7.18. The Labute approximate surface area is 157 Å². The fourth-order valence-electron chi connectivity index (χ4n) is 4.96. The third kappa shape index (κ3) is 2.48. The van der Waals surface area contributed by atoms with Gasteiger partial charge >= 0.3 is 11.9 Å². The molecule has 7 heteroatoms. The maximum atomic E-state index is 12.7. The summed E-state index contributed by atoms with van der Waals surface area (Å²) in [6.45, 7) is 0.663. The standard InChI is InChI=1S/C19H23NO5S/c1-23-17(21)15-16(18(22)24-2)25-20-10-13(12-6-4-3-5-7-12)14-11-26-9-8-19(14,15)20/h3-7,13-16H,8-11H2,1-2H3/t13-,14-,15+,16-,19-/m0/s1. The van der Waals surface area contributed by atoms with E-state index in [0.717, 1.165) is 17.9 Å². The molecule has 1 aromatic rings. The first kappa shape index (κ1) is 17.8. The first-order valence-corrected chi connectivity index (χ1v) is 10.0. The Morgan fingerprint density at radius 3 is 2.62 bits per heavy atom. The van der Waals surface area contributed by atoms with E-state index in [-0.39, 0.29) is 11.8 Å². The van der Waals surface area contributed by atoms with E-state index in [9.17, 15) is 9.59 Å². The quantitative estimate of drug-likeness (QED) is 0.745. The van der Waals surface area contributed by atoms with Crippen LogP contribution in [0, 0.1) is 11.8 Å². The van der Waals surface area contributed by atoms with Crippen molar-refractivity contribution >= 4 is 23.7 Å². The first-order chi connectivity index (χ1) is 12.6. The van der Waals surface area contributed by atoms with Gasteiger partial charge in [-0.2, -0.15) is 16.8 Å². The van der Waals surface area contributed by atoms with Crippen LogP contribution < -0.4 is 0 Å². The van der Waals surface area contributed by atoms with Crippen LogP contribution >= 0.6 is 11.8 Å². The molecule has 3 aliphatic rings. The van der Waals surface area contributed by atoms with Gasteiger partial charge in [0.25, 0.3) is 0 Å². The Morgan fingerprint density at radius 2 is 1.92 bits per heavy atom. The Bertz CT molecular complexity index is 698. The molecule has 1 spiro atoms. The molecule has 6 nitrogen and oxygen atoms in total. The molecular formula is C19H23NO5S. The maximum Gasteiger partial charge on any atom is 0.338 e. The van der Waals surface area contributed by atoms with Crippen molar-refractivity contribution in [1.82, 2.24) is 5.06 Å². The molecule has 0 aromatic heterocycles. The van der Waals surface area contributed by atoms with Crippen LogP contribution in [0.25, 0.3) is 0 Å². The molecule has 0 radical (unpaired) electrons. The van der Waals surface area contributed by atoms with Gasteiger partial charge in [-0.15, -0.1) is 0 Å². The Balaban J connectivity index is 1.77. The number of hydroxylamine groups is 2. The zero-order valence-electron chi connectivity index (χ0n) is 14.9. The van der Waals surface area contributed by atoms with Gasteiger partial charge in [0.2, 0.25) is 0 Å². The molecule has 0 N–H and O–H groups in total. The summed E-state index contributed by atoms with van der Waals surface area (Å²) in [4.78, 5) is 31.1. The number of benzene rings is 1. The average Bonchev–Trinajstić information content (AvgIpc) is 3.17. The third-order valence-electron chi connectivity index (χ3n) is 6.10. The van der Waals surface area contributed by atoms with Gasteiger partial charge in [0.05, 0.1) is 19.8 Å². The van der Waals surface area contributed by atoms with Crippen molar-refractivity contribution in [2.24, 2.45) is 11.8 Å². The van der Waals surface area contributed by atoms with Crippen LogP contribution in [0.5, 0.6) is 0 Å². The Hall–Kier alpha value is -1.57. The number of rotatable bonds is 3. The second kappa shape index (κ2) is 6.87. The summed E-state index contributed by atoms with van der Waals surface area (Å²) in [5.41, 5.74) is 0.730. The lowest BCUT2D eigenvalue weighted by molar-refractivity contribution is -0.193. The minimum absolute atomic E-state index is 0.211. The number of carbonyl (C=O) groups is 2. The second-order valence-electron chi connectivity index (χ2n) is 7.05. The number of carbonyl (C=O) groups excluding carboxylic acids is 2. The van der Waals surface area contributed by atoms with Gasteiger partial charge in [-0.05, 0) is 29.4 Å². The summed E-state index contributed by atoms with van der Waals surface area (Å²) in [6, 6.07) is 10.3. The molecule has 0 aliphatic carbocycles. The normalized spacial score (nSPS) is 36.2. The van der Waals surface area contributed by atoms with Crippen LogP contribution in [0.3, 0.4) is 0 Å². The molecule has 0 amide bonds. The number of hydrogen-bond acceptors (Lipinski definition) is 7. The van der Waals surface area contributed by atoms with Crippen molar-refractivity contribution in [3.05, 3.63) is 35.9 Å². The molecule has 0 saturated carbocycles. The van der Waals surface area contributed by atoms with Crippen LogP contribution in [0.4, 0.5) is 0 Å². The zero-order chi connectivity index (χ0) is 18.3. The lowest BCUT2D eigenvalue weighted by Gasteiger charge is -2.43. The number of esters is 2. The van der Waals surface area contributed by atoms with Crippen molar-refractivity contribution in [3.63, 3.8) is 0 Å². The van der Waals surface area contributed by atoms with E-state index in [1.54, 1.807) is 0 Å². The number of methoxy groups -OCH3 is 2. The van der Waals surface area contributed by atoms with Gasteiger partial charge in [0, 0.05) is 12.5 Å². The van der Waals surface area contributed by atoms with Crippen LogP contribution in [-0.4, -0.2) is 60.9 Å². The Kier molecular flexibility index (Phi) is 4.71. The number of hydrogen-bond donors (Lipinski definition) is 0. The molecule has 0 bridgehead atoms. The fourth-order valence-corrected chi connectivity index (χ4v) is 6.37. The summed E-state index contributed by atoms with van der Waals surface area (Å²) in [7, 11) is 2.69. The molecule has 3 fully saturated rings. The summed E-state index contributed by atoms with van der Waals surface area (Å²) in [5.74, 6) is 0.753. The topological polar surface area (TPSA) is 65.1 Å². The average molecular weight is 377 g/mol. The smallest absolute Gasteiger partial charge is 0.338 e. The van der Waals surface area contributed by atoms with Gasteiger partial charge in [-0.25, -0.2) is 4.79 Å². The molecule has 3 aliphatic heterocycles. The monoisotopic (exact) mass is 377 g/mol. The molecule has 0 unspecified atom stereocenters. The van der Waals surface area contributed by atoms with E-state index in [0.29, 0.717) is 6.54 Å². The highest BCUT2D eigenvalue weighted by molar-refractivity contribution is 7.99. The lowest BCUT2D eigenvalue weighted by atomic mass is 9.68. The zero-order valence-corrected chi connectivity index (χ0v) is 15.7. The van der Waals surface area contributed by atoms with Crippen molar-refractivity contribution in [3.8, 4) is 0 Å². The van der Waals surface area contributed by atoms with Crippen molar-refractivity contribution in [1.29, 1.82) is 0 Å². The molecule has 1 aromatic carbocycles. The van der Waals surface area contributed by atoms with Crippen molar-refractivity contribution in [2.75, 3.05) is 32.3 Å². The molecule has 3 saturated heterocycles.